The largest absolute Gasteiger partial charge is 0.394 e. The zero-order valence-corrected chi connectivity index (χ0v) is 17.0. The molecule has 154 valence electrons. The first-order chi connectivity index (χ1) is 14.5. The van der Waals surface area contributed by atoms with Crippen molar-refractivity contribution >= 4 is 29.1 Å². The van der Waals surface area contributed by atoms with Crippen molar-refractivity contribution < 1.29 is 14.7 Å². The molecule has 0 bridgehead atoms. The number of carbonyl (C=O) groups is 2. The van der Waals surface area contributed by atoms with Crippen LogP contribution in [0.2, 0.25) is 0 Å². The lowest BCUT2D eigenvalue weighted by atomic mass is 9.86. The van der Waals surface area contributed by atoms with Crippen LogP contribution >= 0.6 is 11.3 Å². The molecule has 1 aromatic heterocycles. The number of anilines is 1. The Morgan fingerprint density at radius 3 is 2.73 bits per heavy atom. The maximum atomic E-state index is 12.8. The van der Waals surface area contributed by atoms with Gasteiger partial charge in [-0.05, 0) is 36.3 Å². The van der Waals surface area contributed by atoms with Crippen LogP contribution in [0.25, 0.3) is 0 Å². The lowest BCUT2D eigenvalue weighted by Crippen LogP contribution is -2.53. The molecule has 3 amide bonds. The van der Waals surface area contributed by atoms with E-state index in [4.69, 9.17) is 6.42 Å². The molecule has 1 aliphatic rings. The van der Waals surface area contributed by atoms with Gasteiger partial charge >= 0.3 is 6.03 Å². The monoisotopic (exact) mass is 423 g/mol. The van der Waals surface area contributed by atoms with E-state index in [1.807, 2.05) is 18.2 Å². The number of benzene rings is 1. The molecule has 3 N–H and O–H groups in total. The number of nitrogens with zero attached hydrogens (tertiary/aromatic N) is 3. The Morgan fingerprint density at radius 2 is 2.10 bits per heavy atom. The molecule has 1 fully saturated rings. The third-order valence-electron chi connectivity index (χ3n) is 4.98. The van der Waals surface area contributed by atoms with Crippen molar-refractivity contribution in [2.45, 2.75) is 24.8 Å². The zero-order chi connectivity index (χ0) is 21.5. The van der Waals surface area contributed by atoms with Crippen LogP contribution in [0.15, 0.2) is 29.6 Å². The van der Waals surface area contributed by atoms with Gasteiger partial charge < -0.3 is 15.3 Å². The summed E-state index contributed by atoms with van der Waals surface area (Å²) in [5.41, 5.74) is 1.65. The zero-order valence-electron chi connectivity index (χ0n) is 16.2. The van der Waals surface area contributed by atoms with Crippen LogP contribution in [0.5, 0.6) is 0 Å². The first-order valence-corrected chi connectivity index (χ1v) is 10.3. The van der Waals surface area contributed by atoms with E-state index in [-0.39, 0.29) is 17.6 Å². The van der Waals surface area contributed by atoms with E-state index in [1.165, 1.54) is 11.3 Å². The number of nitriles is 1. The summed E-state index contributed by atoms with van der Waals surface area (Å²) in [6.45, 7) is 0.456. The van der Waals surface area contributed by atoms with Gasteiger partial charge in [0.05, 0.1) is 18.2 Å². The van der Waals surface area contributed by atoms with Crippen LogP contribution in [0, 0.1) is 23.7 Å². The van der Waals surface area contributed by atoms with Crippen molar-refractivity contribution in [2.75, 3.05) is 25.0 Å². The van der Waals surface area contributed by atoms with Gasteiger partial charge in [-0.2, -0.15) is 5.26 Å². The highest BCUT2D eigenvalue weighted by Crippen LogP contribution is 2.30. The number of carbonyl (C=O) groups excluding carboxylic acids is 2. The summed E-state index contributed by atoms with van der Waals surface area (Å²) in [7, 11) is 0. The normalized spacial score (nSPS) is 15.0. The quantitative estimate of drug-likeness (QED) is 0.635. The van der Waals surface area contributed by atoms with E-state index in [9.17, 15) is 20.0 Å². The maximum absolute atomic E-state index is 12.8. The number of nitrogens with one attached hydrogen (secondary N) is 2. The standard InChI is InChI=1S/C21H21N5O3S/c1-2-19-24-18(13-30-19)25-21(29)23-17(12-27)20(28)26-9-7-14(8-10-26)16-6-4-3-5-15(16)11-22/h1,3-6,13-14,17,27H,7-10,12H2,(H2,23,25,29)/t17-/m0/s1. The molecule has 1 aromatic carbocycles. The number of aliphatic hydroxyl groups is 1. The minimum absolute atomic E-state index is 0.198. The number of hydrogen-bond donors (Lipinski definition) is 3. The smallest absolute Gasteiger partial charge is 0.321 e. The molecule has 2 heterocycles. The fourth-order valence-electron chi connectivity index (χ4n) is 3.48. The average Bonchev–Trinajstić information content (AvgIpc) is 3.24. The van der Waals surface area contributed by atoms with Crippen molar-refractivity contribution in [3.63, 3.8) is 0 Å². The van der Waals surface area contributed by atoms with Crippen molar-refractivity contribution in [2.24, 2.45) is 0 Å². The number of aliphatic hydroxyl groups excluding tert-OH is 1. The molecule has 9 heteroatoms. The number of aromatic nitrogens is 1. The molecule has 0 saturated carbocycles. The highest BCUT2D eigenvalue weighted by molar-refractivity contribution is 7.10. The van der Waals surface area contributed by atoms with E-state index < -0.39 is 18.7 Å². The number of thiazole rings is 1. The number of rotatable bonds is 5. The molecule has 3 rings (SSSR count). The van der Waals surface area contributed by atoms with Crippen molar-refractivity contribution in [1.29, 1.82) is 5.26 Å². The minimum atomic E-state index is -1.06. The summed E-state index contributed by atoms with van der Waals surface area (Å²) in [4.78, 5) is 30.6. The Morgan fingerprint density at radius 1 is 1.37 bits per heavy atom. The molecule has 1 atom stereocenters. The Balaban J connectivity index is 1.55. The molecule has 2 aromatic rings. The summed E-state index contributed by atoms with van der Waals surface area (Å²) in [6.07, 6.45) is 6.67. The number of terminal acetylenes is 1. The van der Waals surface area contributed by atoms with Crippen LogP contribution < -0.4 is 10.6 Å². The maximum Gasteiger partial charge on any atom is 0.321 e. The predicted octanol–water partition coefficient (Wildman–Crippen LogP) is 1.88. The molecule has 30 heavy (non-hydrogen) atoms. The fraction of sp³-hybridized carbons (Fsp3) is 0.333. The second-order valence-corrected chi connectivity index (χ2v) is 7.67. The number of likely N-dealkylation sites (tertiary alicyclic amines) is 1. The fourth-order valence-corrected chi connectivity index (χ4v) is 4.03. The van der Waals surface area contributed by atoms with Gasteiger partial charge in [0.25, 0.3) is 0 Å². The van der Waals surface area contributed by atoms with Gasteiger partial charge in [-0.3, -0.25) is 10.1 Å². The minimum Gasteiger partial charge on any atom is -0.394 e. The van der Waals surface area contributed by atoms with Gasteiger partial charge in [-0.25, -0.2) is 9.78 Å². The number of hydrogen-bond acceptors (Lipinski definition) is 6. The van der Waals surface area contributed by atoms with E-state index >= 15 is 0 Å². The van der Waals surface area contributed by atoms with Crippen LogP contribution in [0.4, 0.5) is 10.6 Å². The highest BCUT2D eigenvalue weighted by Gasteiger charge is 2.30. The molecule has 1 saturated heterocycles. The van der Waals surface area contributed by atoms with Gasteiger partial charge in [0.1, 0.15) is 11.9 Å². The molecule has 0 unspecified atom stereocenters. The van der Waals surface area contributed by atoms with E-state index in [0.29, 0.717) is 36.5 Å². The van der Waals surface area contributed by atoms with Gasteiger partial charge in [0, 0.05) is 18.5 Å². The van der Waals surface area contributed by atoms with Crippen molar-refractivity contribution in [3.05, 3.63) is 45.8 Å². The number of piperidine rings is 1. The van der Waals surface area contributed by atoms with Crippen molar-refractivity contribution in [1.82, 2.24) is 15.2 Å². The van der Waals surface area contributed by atoms with Gasteiger partial charge in [-0.1, -0.05) is 18.2 Å². The van der Waals surface area contributed by atoms with Gasteiger partial charge in [-0.15, -0.1) is 17.8 Å². The second-order valence-electron chi connectivity index (χ2n) is 6.81. The van der Waals surface area contributed by atoms with E-state index in [0.717, 1.165) is 5.56 Å². The topological polar surface area (TPSA) is 118 Å². The molecule has 8 nitrogen and oxygen atoms in total. The molecular weight excluding hydrogens is 402 g/mol. The van der Waals surface area contributed by atoms with Crippen LogP contribution in [-0.2, 0) is 4.79 Å². The molecule has 1 aliphatic heterocycles. The Hall–Kier alpha value is -3.40. The van der Waals surface area contributed by atoms with Gasteiger partial charge in [0.2, 0.25) is 5.91 Å². The third kappa shape index (κ3) is 4.95. The van der Waals surface area contributed by atoms with Crippen molar-refractivity contribution in [3.8, 4) is 18.4 Å². The summed E-state index contributed by atoms with van der Waals surface area (Å²) in [5, 5.41) is 25.9. The Labute approximate surface area is 178 Å². The molecule has 0 aliphatic carbocycles. The van der Waals surface area contributed by atoms with Crippen LogP contribution in [-0.4, -0.2) is 52.7 Å². The number of amides is 3. The summed E-state index contributed by atoms with van der Waals surface area (Å²) >= 11 is 1.21. The third-order valence-corrected chi connectivity index (χ3v) is 5.76. The number of urea groups is 1. The highest BCUT2D eigenvalue weighted by atomic mass is 32.1. The Bertz CT molecular complexity index is 999. The summed E-state index contributed by atoms with van der Waals surface area (Å²) in [6, 6.07) is 8.01. The van der Waals surface area contributed by atoms with E-state index in [1.54, 1.807) is 16.3 Å². The predicted molar refractivity (Wildman–Crippen MR) is 113 cm³/mol. The summed E-state index contributed by atoms with van der Waals surface area (Å²) < 4.78 is 0. The first-order valence-electron chi connectivity index (χ1n) is 9.44. The van der Waals surface area contributed by atoms with Crippen LogP contribution in [0.3, 0.4) is 0 Å². The SMILES string of the molecule is C#Cc1nc(NC(=O)N[C@@H](CO)C(=O)N2CCC(c3ccccc3C#N)CC2)cs1. The second kappa shape index (κ2) is 9.88. The molecule has 0 radical (unpaired) electrons. The lowest BCUT2D eigenvalue weighted by Gasteiger charge is -2.34. The average molecular weight is 423 g/mol. The van der Waals surface area contributed by atoms with E-state index in [2.05, 4.69) is 27.6 Å². The first kappa shape index (κ1) is 21.3. The molecule has 0 spiro atoms. The van der Waals surface area contributed by atoms with Crippen LogP contribution in [0.1, 0.15) is 34.9 Å². The summed E-state index contributed by atoms with van der Waals surface area (Å²) in [5.74, 6) is 2.51. The lowest BCUT2D eigenvalue weighted by molar-refractivity contribution is -0.135. The van der Waals surface area contributed by atoms with Gasteiger partial charge in [0.15, 0.2) is 5.01 Å². The Kier molecular flexibility index (Phi) is 7.02. The molecular formula is C21H21N5O3S.